The first-order valence-electron chi connectivity index (χ1n) is 5.72. The third-order valence-electron chi connectivity index (χ3n) is 3.20. The Hall–Kier alpha value is -0.860. The molecule has 1 aliphatic heterocycles. The van der Waals surface area contributed by atoms with Crippen LogP contribution >= 0.6 is 11.6 Å². The van der Waals surface area contributed by atoms with Crippen molar-refractivity contribution in [2.75, 3.05) is 11.5 Å². The van der Waals surface area contributed by atoms with Crippen molar-refractivity contribution < 1.29 is 26.7 Å². The number of rotatable bonds is 2. The zero-order valence-electron chi connectivity index (χ0n) is 10.1. The monoisotopic (exact) mass is 329 g/mol. The second kappa shape index (κ2) is 5.16. The molecular weight excluding hydrogens is 319 g/mol. The fraction of sp³-hybridized carbons (Fsp3) is 0.545. The summed E-state index contributed by atoms with van der Waals surface area (Å²) in [7, 11) is -3.20. The van der Waals surface area contributed by atoms with Gasteiger partial charge in [-0.3, -0.25) is 0 Å². The second-order valence-corrected chi connectivity index (χ2v) is 7.27. The highest BCUT2D eigenvalue weighted by atomic mass is 35.5. The van der Waals surface area contributed by atoms with Crippen LogP contribution in [0.2, 0.25) is 5.15 Å². The molecule has 20 heavy (non-hydrogen) atoms. The molecule has 1 aliphatic rings. The number of aliphatic hydroxyl groups excluding tert-OH is 1. The molecule has 0 spiro atoms. The third-order valence-corrected chi connectivity index (χ3v) is 5.30. The van der Waals surface area contributed by atoms with Crippen LogP contribution in [-0.2, 0) is 16.0 Å². The highest BCUT2D eigenvalue weighted by Crippen LogP contribution is 2.36. The van der Waals surface area contributed by atoms with Crippen LogP contribution in [0.3, 0.4) is 0 Å². The fourth-order valence-electron chi connectivity index (χ4n) is 2.15. The normalized spacial score (nSPS) is 23.8. The van der Waals surface area contributed by atoms with E-state index in [2.05, 4.69) is 4.98 Å². The molecule has 0 radical (unpaired) electrons. The number of hydrogen-bond donors (Lipinski definition) is 1. The Morgan fingerprint density at radius 1 is 1.40 bits per heavy atom. The van der Waals surface area contributed by atoms with E-state index in [1.807, 2.05) is 0 Å². The maximum absolute atomic E-state index is 12.4. The molecule has 1 fully saturated rings. The Kier molecular flexibility index (Phi) is 4.01. The standard InChI is InChI=1S/C11H11ClF3NO3S/c12-10-7(1-2-8(16-10)11(13,14)15)9(17)6-3-4-20(18,19)5-6/h1-2,6,9,17H,3-5H2. The van der Waals surface area contributed by atoms with Crippen LogP contribution in [0.5, 0.6) is 0 Å². The van der Waals surface area contributed by atoms with Gasteiger partial charge in [0, 0.05) is 11.5 Å². The van der Waals surface area contributed by atoms with Gasteiger partial charge in [-0.1, -0.05) is 17.7 Å². The molecule has 4 nitrogen and oxygen atoms in total. The van der Waals surface area contributed by atoms with Crippen molar-refractivity contribution >= 4 is 21.4 Å². The van der Waals surface area contributed by atoms with Gasteiger partial charge in [0.2, 0.25) is 0 Å². The molecule has 0 amide bonds. The van der Waals surface area contributed by atoms with Crippen molar-refractivity contribution in [2.45, 2.75) is 18.7 Å². The van der Waals surface area contributed by atoms with E-state index in [1.165, 1.54) is 0 Å². The summed E-state index contributed by atoms with van der Waals surface area (Å²) >= 11 is 5.66. The smallest absolute Gasteiger partial charge is 0.388 e. The molecule has 112 valence electrons. The van der Waals surface area contributed by atoms with Crippen molar-refractivity contribution in [3.63, 3.8) is 0 Å². The van der Waals surface area contributed by atoms with Gasteiger partial charge in [-0.25, -0.2) is 13.4 Å². The highest BCUT2D eigenvalue weighted by molar-refractivity contribution is 7.91. The number of hydrogen-bond acceptors (Lipinski definition) is 4. The van der Waals surface area contributed by atoms with Crippen molar-refractivity contribution in [1.82, 2.24) is 4.98 Å². The summed E-state index contributed by atoms with van der Waals surface area (Å²) in [5.74, 6) is -0.817. The van der Waals surface area contributed by atoms with Gasteiger partial charge in [0.15, 0.2) is 9.84 Å². The number of nitrogens with zero attached hydrogens (tertiary/aromatic N) is 1. The molecule has 2 heterocycles. The summed E-state index contributed by atoms with van der Waals surface area (Å²) in [6.07, 6.45) is -5.61. The number of pyridine rings is 1. The summed E-state index contributed by atoms with van der Waals surface area (Å²) in [4.78, 5) is 3.20. The van der Waals surface area contributed by atoms with E-state index in [4.69, 9.17) is 11.6 Å². The first-order chi connectivity index (χ1) is 9.10. The maximum atomic E-state index is 12.4. The van der Waals surface area contributed by atoms with Crippen LogP contribution in [0, 0.1) is 5.92 Å². The highest BCUT2D eigenvalue weighted by Gasteiger charge is 2.36. The summed E-state index contributed by atoms with van der Waals surface area (Å²) < 4.78 is 60.0. The maximum Gasteiger partial charge on any atom is 0.433 e. The topological polar surface area (TPSA) is 67.3 Å². The average molecular weight is 330 g/mol. The third kappa shape index (κ3) is 3.24. The first-order valence-corrected chi connectivity index (χ1v) is 7.92. The lowest BCUT2D eigenvalue weighted by molar-refractivity contribution is -0.141. The predicted molar refractivity (Wildman–Crippen MR) is 66.0 cm³/mol. The zero-order chi connectivity index (χ0) is 15.1. The Bertz CT molecular complexity index is 618. The molecule has 2 atom stereocenters. The van der Waals surface area contributed by atoms with Gasteiger partial charge in [0.05, 0.1) is 17.6 Å². The average Bonchev–Trinajstić information content (AvgIpc) is 2.67. The van der Waals surface area contributed by atoms with Crippen molar-refractivity contribution in [3.8, 4) is 0 Å². The number of aliphatic hydroxyl groups is 1. The van der Waals surface area contributed by atoms with Gasteiger partial charge < -0.3 is 5.11 Å². The van der Waals surface area contributed by atoms with Crippen LogP contribution in [-0.4, -0.2) is 30.0 Å². The fourth-order valence-corrected chi connectivity index (χ4v) is 4.25. The lowest BCUT2D eigenvalue weighted by atomic mass is 9.96. The van der Waals surface area contributed by atoms with E-state index >= 15 is 0 Å². The van der Waals surface area contributed by atoms with Gasteiger partial charge >= 0.3 is 6.18 Å². The van der Waals surface area contributed by atoms with Gasteiger partial charge in [-0.15, -0.1) is 0 Å². The molecule has 0 aromatic carbocycles. The molecule has 0 bridgehead atoms. The minimum atomic E-state index is -4.62. The quantitative estimate of drug-likeness (QED) is 0.845. The predicted octanol–water partition coefficient (Wildman–Crippen LogP) is 2.22. The van der Waals surface area contributed by atoms with Crippen LogP contribution in [0.4, 0.5) is 13.2 Å². The van der Waals surface area contributed by atoms with E-state index in [1.54, 1.807) is 0 Å². The van der Waals surface area contributed by atoms with Crippen LogP contribution in [0.15, 0.2) is 12.1 Å². The zero-order valence-corrected chi connectivity index (χ0v) is 11.6. The number of sulfone groups is 1. The Morgan fingerprint density at radius 3 is 2.50 bits per heavy atom. The van der Waals surface area contributed by atoms with E-state index < -0.39 is 38.9 Å². The Morgan fingerprint density at radius 2 is 2.05 bits per heavy atom. The van der Waals surface area contributed by atoms with E-state index in [0.29, 0.717) is 6.07 Å². The minimum Gasteiger partial charge on any atom is -0.388 e. The Balaban J connectivity index is 2.26. The van der Waals surface area contributed by atoms with E-state index in [0.717, 1.165) is 6.07 Å². The van der Waals surface area contributed by atoms with Crippen molar-refractivity contribution in [1.29, 1.82) is 0 Å². The number of halogens is 4. The first kappa shape index (κ1) is 15.5. The minimum absolute atomic E-state index is 0.0155. The van der Waals surface area contributed by atoms with Crippen LogP contribution < -0.4 is 0 Å². The summed E-state index contributed by atoms with van der Waals surface area (Å²) in [6, 6.07) is 1.75. The SMILES string of the molecule is O=S1(=O)CCC(C(O)c2ccc(C(F)(F)F)nc2Cl)C1. The van der Waals surface area contributed by atoms with Crippen LogP contribution in [0.1, 0.15) is 23.8 Å². The molecule has 0 saturated carbocycles. The molecule has 9 heteroatoms. The van der Waals surface area contributed by atoms with Crippen molar-refractivity contribution in [2.24, 2.45) is 5.92 Å². The Labute approximate surface area is 118 Å². The number of aromatic nitrogens is 1. The number of alkyl halides is 3. The van der Waals surface area contributed by atoms with Gasteiger partial charge in [-0.2, -0.15) is 13.2 Å². The second-order valence-electron chi connectivity index (χ2n) is 4.68. The molecule has 2 rings (SSSR count). The lowest BCUT2D eigenvalue weighted by Gasteiger charge is -2.18. The van der Waals surface area contributed by atoms with Gasteiger partial charge in [-0.05, 0) is 12.5 Å². The van der Waals surface area contributed by atoms with Crippen molar-refractivity contribution in [3.05, 3.63) is 28.5 Å². The molecule has 2 unspecified atom stereocenters. The summed E-state index contributed by atoms with van der Waals surface area (Å²) in [5.41, 5.74) is -1.14. The molecule has 1 N–H and O–H groups in total. The molecule has 1 saturated heterocycles. The molecular formula is C11H11ClF3NO3S. The molecule has 1 aromatic rings. The molecule has 0 aliphatic carbocycles. The van der Waals surface area contributed by atoms with E-state index in [-0.39, 0.29) is 23.5 Å². The van der Waals surface area contributed by atoms with Crippen LogP contribution in [0.25, 0.3) is 0 Å². The van der Waals surface area contributed by atoms with E-state index in [9.17, 15) is 26.7 Å². The molecule has 1 aromatic heterocycles. The van der Waals surface area contributed by atoms with Gasteiger partial charge in [0.1, 0.15) is 10.8 Å². The lowest BCUT2D eigenvalue weighted by Crippen LogP contribution is -2.16. The summed E-state index contributed by atoms with van der Waals surface area (Å²) in [5, 5.41) is 9.60. The van der Waals surface area contributed by atoms with Gasteiger partial charge in [0.25, 0.3) is 0 Å². The summed E-state index contributed by atoms with van der Waals surface area (Å²) in [6.45, 7) is 0. The largest absolute Gasteiger partial charge is 0.433 e.